The largest absolute Gasteiger partial charge is 0.339 e. The minimum absolute atomic E-state index is 0.0273. The Labute approximate surface area is 181 Å². The van der Waals surface area contributed by atoms with Gasteiger partial charge in [0.1, 0.15) is 5.37 Å². The number of carbonyl (C=O) groups excluding carboxylic acids is 2. The maximum absolute atomic E-state index is 12.8. The topological polar surface area (TPSA) is 40.6 Å². The molecule has 6 heteroatoms. The molecule has 0 spiro atoms. The molecule has 0 aliphatic carbocycles. The van der Waals surface area contributed by atoms with Crippen LogP contribution in [0.1, 0.15) is 52.5 Å². The van der Waals surface area contributed by atoms with Crippen LogP contribution in [0.2, 0.25) is 5.02 Å². The van der Waals surface area contributed by atoms with E-state index in [1.165, 1.54) is 12.8 Å². The summed E-state index contributed by atoms with van der Waals surface area (Å²) < 4.78 is 0. The van der Waals surface area contributed by atoms with Crippen LogP contribution in [0.3, 0.4) is 0 Å². The third-order valence-corrected chi connectivity index (χ3v) is 7.08. The first-order valence-corrected chi connectivity index (χ1v) is 11.6. The molecule has 29 heavy (non-hydrogen) atoms. The lowest BCUT2D eigenvalue weighted by Gasteiger charge is -2.25. The lowest BCUT2D eigenvalue weighted by Crippen LogP contribution is -2.31. The van der Waals surface area contributed by atoms with Gasteiger partial charge in [-0.2, -0.15) is 0 Å². The van der Waals surface area contributed by atoms with E-state index in [9.17, 15) is 9.59 Å². The van der Waals surface area contributed by atoms with Crippen molar-refractivity contribution < 1.29 is 9.59 Å². The van der Waals surface area contributed by atoms with Gasteiger partial charge in [0.05, 0.1) is 5.75 Å². The van der Waals surface area contributed by atoms with E-state index >= 15 is 0 Å². The van der Waals surface area contributed by atoms with Gasteiger partial charge < -0.3 is 9.80 Å². The molecule has 0 unspecified atom stereocenters. The third-order valence-electron chi connectivity index (χ3n) is 5.57. The summed E-state index contributed by atoms with van der Waals surface area (Å²) >= 11 is 7.61. The second-order valence-electron chi connectivity index (χ2n) is 7.64. The number of halogens is 1. The van der Waals surface area contributed by atoms with Crippen LogP contribution in [-0.4, -0.2) is 40.5 Å². The Balaban J connectivity index is 1.47. The first-order valence-electron chi connectivity index (χ1n) is 10.2. The standard InChI is InChI=1S/C23H25ClN2O2S/c24-20-11-5-17(6-12-20)15-26-21(27)16-29-23(26)19-9-7-18(8-10-19)22(28)25-13-3-1-2-4-14-25/h5-12,23H,1-4,13-16H2/t23-/m1/s1. The number of carbonyl (C=O) groups is 2. The number of rotatable bonds is 4. The Hall–Kier alpha value is -1.98. The summed E-state index contributed by atoms with van der Waals surface area (Å²) in [7, 11) is 0. The fourth-order valence-electron chi connectivity index (χ4n) is 3.93. The van der Waals surface area contributed by atoms with Crippen molar-refractivity contribution in [2.45, 2.75) is 37.6 Å². The molecule has 0 N–H and O–H groups in total. The Bertz CT molecular complexity index is 861. The molecule has 2 saturated heterocycles. The Morgan fingerprint density at radius 3 is 2.28 bits per heavy atom. The van der Waals surface area contributed by atoms with Crippen molar-refractivity contribution in [1.82, 2.24) is 9.80 Å². The first kappa shape index (κ1) is 20.3. The van der Waals surface area contributed by atoms with E-state index in [0.717, 1.165) is 42.6 Å². The van der Waals surface area contributed by atoms with Crippen molar-refractivity contribution in [2.75, 3.05) is 18.8 Å². The summed E-state index contributed by atoms with van der Waals surface area (Å²) in [4.78, 5) is 29.2. The summed E-state index contributed by atoms with van der Waals surface area (Å²) in [5.74, 6) is 0.735. The van der Waals surface area contributed by atoms with Gasteiger partial charge in [-0.1, -0.05) is 48.7 Å². The summed E-state index contributed by atoms with van der Waals surface area (Å²) in [6, 6.07) is 15.4. The van der Waals surface area contributed by atoms with Crippen LogP contribution in [-0.2, 0) is 11.3 Å². The number of amides is 2. The zero-order valence-corrected chi connectivity index (χ0v) is 17.9. The van der Waals surface area contributed by atoms with Gasteiger partial charge >= 0.3 is 0 Å². The molecule has 2 aliphatic rings. The van der Waals surface area contributed by atoms with E-state index in [1.54, 1.807) is 11.8 Å². The smallest absolute Gasteiger partial charge is 0.253 e. The van der Waals surface area contributed by atoms with E-state index in [1.807, 2.05) is 58.3 Å². The molecular formula is C23H25ClN2O2S. The molecule has 4 rings (SSSR count). The van der Waals surface area contributed by atoms with Crippen LogP contribution in [0.5, 0.6) is 0 Å². The fraction of sp³-hybridized carbons (Fsp3) is 0.391. The molecule has 2 fully saturated rings. The van der Waals surface area contributed by atoms with Gasteiger partial charge in [0, 0.05) is 30.2 Å². The second-order valence-corrected chi connectivity index (χ2v) is 9.14. The van der Waals surface area contributed by atoms with Crippen molar-refractivity contribution in [3.05, 3.63) is 70.2 Å². The Morgan fingerprint density at radius 2 is 1.62 bits per heavy atom. The minimum atomic E-state index is -0.0273. The van der Waals surface area contributed by atoms with Gasteiger partial charge in [-0.15, -0.1) is 11.8 Å². The zero-order chi connectivity index (χ0) is 20.2. The molecule has 4 nitrogen and oxygen atoms in total. The molecule has 0 radical (unpaired) electrons. The average molecular weight is 429 g/mol. The van der Waals surface area contributed by atoms with Crippen LogP contribution < -0.4 is 0 Å². The van der Waals surface area contributed by atoms with E-state index in [0.29, 0.717) is 17.3 Å². The number of likely N-dealkylation sites (tertiary alicyclic amines) is 1. The Kier molecular flexibility index (Phi) is 6.46. The van der Waals surface area contributed by atoms with E-state index in [4.69, 9.17) is 11.6 Å². The first-order chi connectivity index (χ1) is 14.1. The van der Waals surface area contributed by atoms with Gasteiger partial charge in [-0.05, 0) is 48.2 Å². The quantitative estimate of drug-likeness (QED) is 0.677. The minimum Gasteiger partial charge on any atom is -0.339 e. The number of nitrogens with zero attached hydrogens (tertiary/aromatic N) is 2. The highest BCUT2D eigenvalue weighted by molar-refractivity contribution is 8.00. The summed E-state index contributed by atoms with van der Waals surface area (Å²) in [5, 5.41) is 0.664. The molecule has 2 heterocycles. The van der Waals surface area contributed by atoms with Crippen molar-refractivity contribution >= 4 is 35.2 Å². The number of benzene rings is 2. The molecule has 2 aromatic carbocycles. The highest BCUT2D eigenvalue weighted by Gasteiger charge is 2.33. The molecule has 2 aliphatic heterocycles. The van der Waals surface area contributed by atoms with Gasteiger partial charge in [-0.25, -0.2) is 0 Å². The van der Waals surface area contributed by atoms with Crippen LogP contribution in [0.15, 0.2) is 48.5 Å². The lowest BCUT2D eigenvalue weighted by atomic mass is 10.1. The van der Waals surface area contributed by atoms with Crippen molar-refractivity contribution in [3.63, 3.8) is 0 Å². The van der Waals surface area contributed by atoms with Crippen LogP contribution >= 0.6 is 23.4 Å². The highest BCUT2D eigenvalue weighted by Crippen LogP contribution is 2.39. The van der Waals surface area contributed by atoms with Gasteiger partial charge in [0.25, 0.3) is 5.91 Å². The molecule has 1 atom stereocenters. The maximum Gasteiger partial charge on any atom is 0.253 e. The van der Waals surface area contributed by atoms with Crippen LogP contribution in [0, 0.1) is 0 Å². The SMILES string of the molecule is O=C(c1ccc([C@H]2SCC(=O)N2Cc2ccc(Cl)cc2)cc1)N1CCCCCC1. The van der Waals surface area contributed by atoms with E-state index in [-0.39, 0.29) is 17.2 Å². The van der Waals surface area contributed by atoms with Crippen molar-refractivity contribution in [1.29, 1.82) is 0 Å². The van der Waals surface area contributed by atoms with Crippen molar-refractivity contribution in [3.8, 4) is 0 Å². The van der Waals surface area contributed by atoms with Gasteiger partial charge in [0.15, 0.2) is 0 Å². The Morgan fingerprint density at radius 1 is 0.966 bits per heavy atom. The molecule has 0 aromatic heterocycles. The molecular weight excluding hydrogens is 404 g/mol. The molecule has 2 amide bonds. The van der Waals surface area contributed by atoms with Crippen LogP contribution in [0.25, 0.3) is 0 Å². The van der Waals surface area contributed by atoms with E-state index < -0.39 is 0 Å². The predicted octanol–water partition coefficient (Wildman–Crippen LogP) is 5.13. The monoisotopic (exact) mass is 428 g/mol. The molecule has 152 valence electrons. The predicted molar refractivity (Wildman–Crippen MR) is 118 cm³/mol. The average Bonchev–Trinajstić information content (AvgIpc) is 2.94. The second kappa shape index (κ2) is 9.23. The normalized spacial score (nSPS) is 20.0. The van der Waals surface area contributed by atoms with Crippen molar-refractivity contribution in [2.24, 2.45) is 0 Å². The van der Waals surface area contributed by atoms with Crippen LogP contribution in [0.4, 0.5) is 0 Å². The number of thioether (sulfide) groups is 1. The summed E-state index contributed by atoms with van der Waals surface area (Å²) in [6.45, 7) is 2.26. The molecule has 0 bridgehead atoms. The van der Waals surface area contributed by atoms with Gasteiger partial charge in [-0.3, -0.25) is 9.59 Å². The third kappa shape index (κ3) is 4.78. The van der Waals surface area contributed by atoms with E-state index in [2.05, 4.69) is 0 Å². The summed E-state index contributed by atoms with van der Waals surface area (Å²) in [6.07, 6.45) is 4.59. The summed E-state index contributed by atoms with van der Waals surface area (Å²) in [5.41, 5.74) is 2.85. The fourth-order valence-corrected chi connectivity index (χ4v) is 5.25. The maximum atomic E-state index is 12.8. The highest BCUT2D eigenvalue weighted by atomic mass is 35.5. The molecule has 0 saturated carbocycles. The van der Waals surface area contributed by atoms with Gasteiger partial charge in [0.2, 0.25) is 5.91 Å². The number of hydrogen-bond acceptors (Lipinski definition) is 3. The lowest BCUT2D eigenvalue weighted by molar-refractivity contribution is -0.128. The molecule has 2 aromatic rings. The number of hydrogen-bond donors (Lipinski definition) is 0. The zero-order valence-electron chi connectivity index (χ0n) is 16.4.